The summed E-state index contributed by atoms with van der Waals surface area (Å²) in [5.74, 6) is 0. The lowest BCUT2D eigenvalue weighted by Crippen LogP contribution is -2.29. The minimum absolute atomic E-state index is 0.950. The highest BCUT2D eigenvalue weighted by Gasteiger charge is 1.99. The predicted molar refractivity (Wildman–Crippen MR) is 72.5 cm³/mol. The molecule has 0 fully saturated rings. The lowest BCUT2D eigenvalue weighted by molar-refractivity contribution is 1.47. The van der Waals surface area contributed by atoms with Crippen LogP contribution < -0.4 is 20.9 Å². The summed E-state index contributed by atoms with van der Waals surface area (Å²) in [5, 5.41) is 3.81. The normalized spacial score (nSPS) is 10.2. The van der Waals surface area contributed by atoms with Gasteiger partial charge in [-0.2, -0.15) is 0 Å². The summed E-state index contributed by atoms with van der Waals surface area (Å²) < 4.78 is 0. The third kappa shape index (κ3) is 1.59. The van der Waals surface area contributed by atoms with Gasteiger partial charge in [-0.15, -0.1) is 0 Å². The second-order valence-electron chi connectivity index (χ2n) is 3.89. The molecule has 0 aliphatic heterocycles. The Labute approximate surface area is 95.2 Å². The van der Waals surface area contributed by atoms with Crippen molar-refractivity contribution in [2.45, 2.75) is 0 Å². The average Bonchev–Trinajstić information content (AvgIpc) is 2.27. The van der Waals surface area contributed by atoms with E-state index in [9.17, 15) is 0 Å². The van der Waals surface area contributed by atoms with E-state index in [1.165, 1.54) is 0 Å². The van der Waals surface area contributed by atoms with Crippen molar-refractivity contribution in [2.75, 3.05) is 0 Å². The molecule has 0 aliphatic rings. The summed E-state index contributed by atoms with van der Waals surface area (Å²) in [6.07, 6.45) is 0. The summed E-state index contributed by atoms with van der Waals surface area (Å²) in [7, 11) is 0. The van der Waals surface area contributed by atoms with Crippen molar-refractivity contribution >= 4 is 26.3 Å². The molecule has 0 spiro atoms. The predicted octanol–water partition coefficient (Wildman–Crippen LogP) is 0.995. The molecule has 2 aromatic rings. The molecule has 0 heteroatoms. The van der Waals surface area contributed by atoms with Crippen LogP contribution in [-0.2, 0) is 0 Å². The molecule has 2 rings (SSSR count). The Hall–Kier alpha value is -2.08. The van der Waals surface area contributed by atoms with Gasteiger partial charge in [0.15, 0.2) is 0 Å². The standard InChI is InChI=1S/C16H14/c1-11-7-5-9-15(13(11)3)16-10-6-8-12(2)14(16)4/h5-10H,1-4H2. The molecule has 0 saturated carbocycles. The number of benzene rings is 2. The summed E-state index contributed by atoms with van der Waals surface area (Å²) in [6.45, 7) is 16.0. The Balaban J connectivity index is 2.89. The Morgan fingerprint density at radius 1 is 0.562 bits per heavy atom. The molecule has 16 heavy (non-hydrogen) atoms. The Morgan fingerprint density at radius 2 is 0.938 bits per heavy atom. The SMILES string of the molecule is C=c1cccc(-c2cccc(=C)c2=C)c1=C. The van der Waals surface area contributed by atoms with Crippen molar-refractivity contribution < 1.29 is 0 Å². The van der Waals surface area contributed by atoms with E-state index in [0.717, 1.165) is 32.0 Å². The molecule has 2 aromatic carbocycles. The molecule has 0 unspecified atom stereocenters. The van der Waals surface area contributed by atoms with E-state index in [2.05, 4.69) is 26.3 Å². The molecular weight excluding hydrogens is 192 g/mol. The first-order chi connectivity index (χ1) is 7.61. The molecule has 0 heterocycles. The fraction of sp³-hybridized carbons (Fsp3) is 0. The minimum atomic E-state index is 0.950. The monoisotopic (exact) mass is 206 g/mol. The van der Waals surface area contributed by atoms with Gasteiger partial charge >= 0.3 is 0 Å². The van der Waals surface area contributed by atoms with Gasteiger partial charge in [0, 0.05) is 0 Å². The van der Waals surface area contributed by atoms with Gasteiger partial charge in [-0.05, 0) is 32.0 Å². The number of hydrogen-bond acceptors (Lipinski definition) is 0. The zero-order valence-electron chi connectivity index (χ0n) is 9.29. The minimum Gasteiger partial charge on any atom is -0.0912 e. The fourth-order valence-corrected chi connectivity index (χ4v) is 1.77. The first-order valence-electron chi connectivity index (χ1n) is 5.15. The van der Waals surface area contributed by atoms with Crippen LogP contribution in [0.1, 0.15) is 0 Å². The zero-order chi connectivity index (χ0) is 11.7. The van der Waals surface area contributed by atoms with Crippen LogP contribution in [0.5, 0.6) is 0 Å². The van der Waals surface area contributed by atoms with E-state index in [1.807, 2.05) is 36.4 Å². The second kappa shape index (κ2) is 3.82. The largest absolute Gasteiger partial charge is 0.0912 e. The third-order valence-corrected chi connectivity index (χ3v) is 2.84. The maximum Gasteiger partial charge on any atom is -0.0106 e. The van der Waals surface area contributed by atoms with Gasteiger partial charge < -0.3 is 0 Å². The number of hydrogen-bond donors (Lipinski definition) is 0. The lowest BCUT2D eigenvalue weighted by atomic mass is 10.0. The van der Waals surface area contributed by atoms with Gasteiger partial charge in [0.2, 0.25) is 0 Å². The van der Waals surface area contributed by atoms with Crippen LogP contribution in [-0.4, -0.2) is 0 Å². The van der Waals surface area contributed by atoms with Crippen molar-refractivity contribution in [2.24, 2.45) is 0 Å². The van der Waals surface area contributed by atoms with Crippen molar-refractivity contribution in [1.82, 2.24) is 0 Å². The molecular formula is C16H14. The maximum atomic E-state index is 4.06. The lowest BCUT2D eigenvalue weighted by Gasteiger charge is -2.04. The highest BCUT2D eigenvalue weighted by Crippen LogP contribution is 2.06. The van der Waals surface area contributed by atoms with Gasteiger partial charge in [0.25, 0.3) is 0 Å². The Morgan fingerprint density at radius 3 is 1.31 bits per heavy atom. The average molecular weight is 206 g/mol. The second-order valence-corrected chi connectivity index (χ2v) is 3.89. The molecule has 0 bridgehead atoms. The van der Waals surface area contributed by atoms with Crippen LogP contribution >= 0.6 is 0 Å². The van der Waals surface area contributed by atoms with Crippen LogP contribution in [0, 0.1) is 0 Å². The molecule has 0 nitrogen and oxygen atoms in total. The van der Waals surface area contributed by atoms with Crippen LogP contribution in [0.15, 0.2) is 36.4 Å². The smallest absolute Gasteiger partial charge is 0.0106 e. The third-order valence-electron chi connectivity index (χ3n) is 2.84. The molecule has 0 amide bonds. The summed E-state index contributed by atoms with van der Waals surface area (Å²) in [5.41, 5.74) is 2.17. The van der Waals surface area contributed by atoms with Crippen LogP contribution in [0.3, 0.4) is 0 Å². The van der Waals surface area contributed by atoms with Crippen molar-refractivity contribution in [1.29, 1.82) is 0 Å². The first-order valence-corrected chi connectivity index (χ1v) is 5.15. The van der Waals surface area contributed by atoms with Crippen LogP contribution in [0.25, 0.3) is 37.4 Å². The van der Waals surface area contributed by atoms with E-state index in [4.69, 9.17) is 0 Å². The van der Waals surface area contributed by atoms with Crippen molar-refractivity contribution in [3.8, 4) is 11.1 Å². The topological polar surface area (TPSA) is 0 Å². The summed E-state index contributed by atoms with van der Waals surface area (Å²) in [6, 6.07) is 12.0. The highest BCUT2D eigenvalue weighted by molar-refractivity contribution is 5.65. The van der Waals surface area contributed by atoms with Crippen LogP contribution in [0.4, 0.5) is 0 Å². The molecule has 0 radical (unpaired) electrons. The maximum absolute atomic E-state index is 4.06. The van der Waals surface area contributed by atoms with E-state index in [-0.39, 0.29) is 0 Å². The van der Waals surface area contributed by atoms with E-state index < -0.39 is 0 Å². The van der Waals surface area contributed by atoms with Crippen LogP contribution in [0.2, 0.25) is 0 Å². The van der Waals surface area contributed by atoms with E-state index in [0.29, 0.717) is 0 Å². The van der Waals surface area contributed by atoms with Gasteiger partial charge in [-0.1, -0.05) is 62.7 Å². The van der Waals surface area contributed by atoms with Gasteiger partial charge in [-0.3, -0.25) is 0 Å². The molecule has 0 saturated heterocycles. The highest BCUT2D eigenvalue weighted by atomic mass is 14.0. The van der Waals surface area contributed by atoms with Gasteiger partial charge in [0.05, 0.1) is 0 Å². The fourth-order valence-electron chi connectivity index (χ4n) is 1.77. The van der Waals surface area contributed by atoms with E-state index in [1.54, 1.807) is 0 Å². The first kappa shape index (κ1) is 10.4. The summed E-state index contributed by atoms with van der Waals surface area (Å²) in [4.78, 5) is 0. The molecule has 0 atom stereocenters. The molecule has 0 N–H and O–H groups in total. The van der Waals surface area contributed by atoms with E-state index >= 15 is 0 Å². The van der Waals surface area contributed by atoms with Gasteiger partial charge in [0.1, 0.15) is 0 Å². The zero-order valence-corrected chi connectivity index (χ0v) is 9.29. The van der Waals surface area contributed by atoms with Gasteiger partial charge in [-0.25, -0.2) is 0 Å². The van der Waals surface area contributed by atoms with Crippen molar-refractivity contribution in [3.05, 3.63) is 57.3 Å². The molecule has 78 valence electrons. The molecule has 0 aliphatic carbocycles. The van der Waals surface area contributed by atoms with Crippen molar-refractivity contribution in [3.63, 3.8) is 0 Å². The quantitative estimate of drug-likeness (QED) is 0.653. The Kier molecular flexibility index (Phi) is 2.49. The Bertz CT molecular complexity index is 658. The molecule has 0 aromatic heterocycles. The number of rotatable bonds is 1. The summed E-state index contributed by atoms with van der Waals surface area (Å²) >= 11 is 0.